The fourth-order valence-corrected chi connectivity index (χ4v) is 2.04. The van der Waals surface area contributed by atoms with Crippen LogP contribution in [0.2, 0.25) is 0 Å². The third-order valence-corrected chi connectivity index (χ3v) is 2.88. The fraction of sp³-hybridized carbons (Fsp3) is 0.400. The van der Waals surface area contributed by atoms with Crippen LogP contribution >= 0.6 is 15.9 Å². The van der Waals surface area contributed by atoms with Crippen LogP contribution in [0.1, 0.15) is 19.4 Å². The van der Waals surface area contributed by atoms with E-state index in [2.05, 4.69) is 32.5 Å². The van der Waals surface area contributed by atoms with Gasteiger partial charge in [0, 0.05) is 22.6 Å². The number of benzene rings is 1. The molecule has 0 radical (unpaired) electrons. The van der Waals surface area contributed by atoms with Crippen molar-refractivity contribution < 1.29 is 9.53 Å². The number of amides is 1. The fourth-order valence-electron chi connectivity index (χ4n) is 1.63. The van der Waals surface area contributed by atoms with Gasteiger partial charge in [0.05, 0.1) is 6.54 Å². The molecule has 1 aromatic rings. The van der Waals surface area contributed by atoms with E-state index in [1.54, 1.807) is 0 Å². The normalized spacial score (nSPS) is 10.2. The predicted molar refractivity (Wildman–Crippen MR) is 83.5 cm³/mol. The maximum absolute atomic E-state index is 11.5. The molecule has 0 bridgehead atoms. The van der Waals surface area contributed by atoms with E-state index in [-0.39, 0.29) is 25.1 Å². The zero-order chi connectivity index (χ0) is 15.0. The third kappa shape index (κ3) is 6.09. The molecule has 0 aromatic heterocycles. The Kier molecular flexibility index (Phi) is 7.13. The van der Waals surface area contributed by atoms with Crippen LogP contribution in [0.3, 0.4) is 0 Å². The van der Waals surface area contributed by atoms with Crippen LogP contribution in [0.4, 0.5) is 0 Å². The first-order chi connectivity index (χ1) is 9.52. The van der Waals surface area contributed by atoms with Crippen LogP contribution in [0.25, 0.3) is 0 Å². The molecule has 0 aliphatic rings. The maximum atomic E-state index is 11.5. The van der Waals surface area contributed by atoms with E-state index in [0.29, 0.717) is 6.54 Å². The molecule has 0 saturated carbocycles. The minimum Gasteiger partial charge on any atom is -0.481 e. The summed E-state index contributed by atoms with van der Waals surface area (Å²) in [6.07, 6.45) is 5.19. The van der Waals surface area contributed by atoms with Crippen molar-refractivity contribution in [3.8, 4) is 18.1 Å². The van der Waals surface area contributed by atoms with Crippen molar-refractivity contribution >= 4 is 21.8 Å². The number of carbonyl (C=O) groups is 1. The molecule has 0 saturated heterocycles. The topological polar surface area (TPSA) is 50.4 Å². The van der Waals surface area contributed by atoms with Gasteiger partial charge < -0.3 is 15.4 Å². The molecule has 1 rings (SSSR count). The SMILES string of the molecule is C#CCOc1ccc(Br)cc1CNCC(=O)NC(C)C. The zero-order valence-electron chi connectivity index (χ0n) is 11.7. The van der Waals surface area contributed by atoms with Gasteiger partial charge in [-0.1, -0.05) is 21.9 Å². The van der Waals surface area contributed by atoms with Gasteiger partial charge in [-0.15, -0.1) is 6.42 Å². The number of nitrogens with one attached hydrogen (secondary N) is 2. The molecular weight excluding hydrogens is 320 g/mol. The van der Waals surface area contributed by atoms with E-state index in [9.17, 15) is 4.79 Å². The molecule has 0 heterocycles. The van der Waals surface area contributed by atoms with Gasteiger partial charge in [-0.25, -0.2) is 0 Å². The van der Waals surface area contributed by atoms with Gasteiger partial charge in [-0.2, -0.15) is 0 Å². The number of rotatable bonds is 7. The minimum atomic E-state index is -0.0268. The van der Waals surface area contributed by atoms with Crippen molar-refractivity contribution in [2.24, 2.45) is 0 Å². The Hall–Kier alpha value is -1.51. The molecule has 2 N–H and O–H groups in total. The monoisotopic (exact) mass is 338 g/mol. The third-order valence-electron chi connectivity index (χ3n) is 2.38. The molecule has 1 amide bonds. The van der Waals surface area contributed by atoms with Crippen LogP contribution in [0.5, 0.6) is 5.75 Å². The van der Waals surface area contributed by atoms with Gasteiger partial charge in [-0.3, -0.25) is 4.79 Å². The standard InChI is InChI=1S/C15H19BrN2O2/c1-4-7-20-14-6-5-13(16)8-12(14)9-17-10-15(19)18-11(2)3/h1,5-6,8,11,17H,7,9-10H2,2-3H3,(H,18,19). The summed E-state index contributed by atoms with van der Waals surface area (Å²) in [7, 11) is 0. The number of carbonyl (C=O) groups excluding carboxylic acids is 1. The van der Waals surface area contributed by atoms with Gasteiger partial charge in [0.15, 0.2) is 0 Å². The van der Waals surface area contributed by atoms with Crippen LogP contribution in [0.15, 0.2) is 22.7 Å². The minimum absolute atomic E-state index is 0.0268. The van der Waals surface area contributed by atoms with Gasteiger partial charge in [0.25, 0.3) is 0 Å². The quantitative estimate of drug-likeness (QED) is 0.748. The summed E-state index contributed by atoms with van der Waals surface area (Å²) in [5.41, 5.74) is 0.951. The Morgan fingerprint density at radius 1 is 1.50 bits per heavy atom. The smallest absolute Gasteiger partial charge is 0.234 e. The van der Waals surface area contributed by atoms with Gasteiger partial charge in [0.1, 0.15) is 12.4 Å². The van der Waals surface area contributed by atoms with Crippen molar-refractivity contribution in [1.82, 2.24) is 10.6 Å². The molecule has 0 atom stereocenters. The van der Waals surface area contributed by atoms with Crippen molar-refractivity contribution in [2.45, 2.75) is 26.4 Å². The molecule has 0 spiro atoms. The van der Waals surface area contributed by atoms with Crippen molar-refractivity contribution in [3.63, 3.8) is 0 Å². The highest BCUT2D eigenvalue weighted by Crippen LogP contribution is 2.23. The predicted octanol–water partition coefficient (Wildman–Crippen LogP) is 2.08. The Labute approximate surface area is 128 Å². The molecule has 0 aliphatic heterocycles. The van der Waals surface area contributed by atoms with E-state index in [4.69, 9.17) is 11.2 Å². The second-order valence-corrected chi connectivity index (χ2v) is 5.49. The number of hydrogen-bond acceptors (Lipinski definition) is 3. The van der Waals surface area contributed by atoms with Gasteiger partial charge in [0.2, 0.25) is 5.91 Å². The zero-order valence-corrected chi connectivity index (χ0v) is 13.3. The van der Waals surface area contributed by atoms with E-state index in [0.717, 1.165) is 15.8 Å². The second-order valence-electron chi connectivity index (χ2n) is 4.57. The molecule has 20 heavy (non-hydrogen) atoms. The number of ether oxygens (including phenoxy) is 1. The summed E-state index contributed by atoms with van der Waals surface area (Å²) in [5, 5.41) is 5.91. The van der Waals surface area contributed by atoms with Crippen LogP contribution < -0.4 is 15.4 Å². The molecule has 0 fully saturated rings. The molecule has 108 valence electrons. The second kappa shape index (κ2) is 8.62. The summed E-state index contributed by atoms with van der Waals surface area (Å²) in [6, 6.07) is 5.83. The summed E-state index contributed by atoms with van der Waals surface area (Å²) >= 11 is 3.42. The molecular formula is C15H19BrN2O2. The highest BCUT2D eigenvalue weighted by Gasteiger charge is 2.06. The average Bonchev–Trinajstić information content (AvgIpc) is 2.37. The lowest BCUT2D eigenvalue weighted by atomic mass is 10.2. The number of terminal acetylenes is 1. The van der Waals surface area contributed by atoms with Crippen LogP contribution in [0, 0.1) is 12.3 Å². The summed E-state index contributed by atoms with van der Waals surface area (Å²) < 4.78 is 6.42. The summed E-state index contributed by atoms with van der Waals surface area (Å²) in [5.74, 6) is 3.13. The first kappa shape index (κ1) is 16.5. The van der Waals surface area contributed by atoms with Gasteiger partial charge >= 0.3 is 0 Å². The number of halogens is 1. The first-order valence-corrected chi connectivity index (χ1v) is 7.17. The van der Waals surface area contributed by atoms with E-state index in [1.165, 1.54) is 0 Å². The Morgan fingerprint density at radius 2 is 2.25 bits per heavy atom. The maximum Gasteiger partial charge on any atom is 0.234 e. The van der Waals surface area contributed by atoms with Crippen molar-refractivity contribution in [3.05, 3.63) is 28.2 Å². The number of hydrogen-bond donors (Lipinski definition) is 2. The summed E-state index contributed by atoms with van der Waals surface area (Å²) in [6.45, 7) is 4.88. The molecule has 4 nitrogen and oxygen atoms in total. The lowest BCUT2D eigenvalue weighted by Gasteiger charge is -2.12. The Balaban J connectivity index is 2.55. The average molecular weight is 339 g/mol. The lowest BCUT2D eigenvalue weighted by Crippen LogP contribution is -2.37. The van der Waals surface area contributed by atoms with E-state index < -0.39 is 0 Å². The largest absolute Gasteiger partial charge is 0.481 e. The Morgan fingerprint density at radius 3 is 2.90 bits per heavy atom. The van der Waals surface area contributed by atoms with Crippen LogP contribution in [-0.2, 0) is 11.3 Å². The molecule has 5 heteroatoms. The highest BCUT2D eigenvalue weighted by molar-refractivity contribution is 9.10. The van der Waals surface area contributed by atoms with Crippen molar-refractivity contribution in [2.75, 3.05) is 13.2 Å². The lowest BCUT2D eigenvalue weighted by molar-refractivity contribution is -0.120. The Bertz CT molecular complexity index is 495. The van der Waals surface area contributed by atoms with Crippen molar-refractivity contribution in [1.29, 1.82) is 0 Å². The molecule has 0 unspecified atom stereocenters. The van der Waals surface area contributed by atoms with E-state index in [1.807, 2.05) is 32.0 Å². The molecule has 1 aromatic carbocycles. The van der Waals surface area contributed by atoms with Crippen LogP contribution in [-0.4, -0.2) is 25.1 Å². The highest BCUT2D eigenvalue weighted by atomic mass is 79.9. The molecule has 0 aliphatic carbocycles. The summed E-state index contributed by atoms with van der Waals surface area (Å²) in [4.78, 5) is 11.5. The van der Waals surface area contributed by atoms with Gasteiger partial charge in [-0.05, 0) is 32.0 Å². The van der Waals surface area contributed by atoms with E-state index >= 15 is 0 Å². The first-order valence-electron chi connectivity index (χ1n) is 6.37.